The van der Waals surface area contributed by atoms with Gasteiger partial charge in [0.05, 0.1) is 5.75 Å². The Labute approximate surface area is 146 Å². The lowest BCUT2D eigenvalue weighted by Gasteiger charge is -2.20. The summed E-state index contributed by atoms with van der Waals surface area (Å²) < 4.78 is 22.2. The van der Waals surface area contributed by atoms with Crippen molar-refractivity contribution < 1.29 is 13.2 Å². The number of nitrogens with one attached hydrogen (secondary N) is 2. The van der Waals surface area contributed by atoms with E-state index in [0.29, 0.717) is 31.9 Å². The van der Waals surface area contributed by atoms with Gasteiger partial charge in [-0.2, -0.15) is 0 Å². The van der Waals surface area contributed by atoms with Crippen molar-refractivity contribution in [1.29, 1.82) is 0 Å². The fourth-order valence-corrected chi connectivity index (χ4v) is 3.28. The summed E-state index contributed by atoms with van der Waals surface area (Å²) in [6.07, 6.45) is 6.57. The average Bonchev–Trinajstić information content (AvgIpc) is 2.71. The molecule has 24 heavy (non-hydrogen) atoms. The summed E-state index contributed by atoms with van der Waals surface area (Å²) >= 11 is 0. The molecule has 2 N–H and O–H groups in total. The van der Waals surface area contributed by atoms with E-state index in [-0.39, 0.29) is 11.7 Å². The van der Waals surface area contributed by atoms with Crippen LogP contribution >= 0.6 is 0 Å². The highest BCUT2D eigenvalue weighted by Crippen LogP contribution is 2.11. The molecule has 1 saturated heterocycles. The summed E-state index contributed by atoms with van der Waals surface area (Å²) in [7, 11) is -2.91. The number of hydrogen-bond acceptors (Lipinski definition) is 4. The molecule has 0 aromatic carbocycles. The molecule has 1 heterocycles. The van der Waals surface area contributed by atoms with E-state index in [2.05, 4.69) is 15.6 Å². The zero-order valence-corrected chi connectivity index (χ0v) is 15.8. The topological polar surface area (TPSA) is 90.9 Å². The molecule has 0 radical (unpaired) electrons. The summed E-state index contributed by atoms with van der Waals surface area (Å²) in [6.45, 7) is 5.59. The molecule has 0 aromatic rings. The molecular weight excluding hydrogens is 328 g/mol. The summed E-state index contributed by atoms with van der Waals surface area (Å²) in [5.41, 5.74) is 0. The van der Waals surface area contributed by atoms with Crippen LogP contribution in [0, 0.1) is 0 Å². The van der Waals surface area contributed by atoms with Gasteiger partial charge in [0, 0.05) is 45.4 Å². The molecule has 1 amide bonds. The Bertz CT molecular complexity index is 505. The molecule has 0 aromatic heterocycles. The van der Waals surface area contributed by atoms with E-state index in [4.69, 9.17) is 0 Å². The van der Waals surface area contributed by atoms with E-state index in [1.165, 1.54) is 6.26 Å². The first kappa shape index (κ1) is 20.7. The van der Waals surface area contributed by atoms with E-state index >= 15 is 0 Å². The van der Waals surface area contributed by atoms with E-state index in [1.54, 1.807) is 0 Å². The Kier molecular flexibility index (Phi) is 9.75. The minimum Gasteiger partial charge on any atom is -0.357 e. The zero-order valence-electron chi connectivity index (χ0n) is 15.0. The van der Waals surface area contributed by atoms with Crippen LogP contribution in [0.1, 0.15) is 45.4 Å². The van der Waals surface area contributed by atoms with Gasteiger partial charge in [0.1, 0.15) is 9.84 Å². The highest BCUT2D eigenvalue weighted by atomic mass is 32.2. The molecule has 0 spiro atoms. The molecule has 1 aliphatic heterocycles. The van der Waals surface area contributed by atoms with Crippen LogP contribution in [0.3, 0.4) is 0 Å². The predicted molar refractivity (Wildman–Crippen MR) is 98.0 cm³/mol. The number of amides is 1. The Morgan fingerprint density at radius 1 is 1.21 bits per heavy atom. The first-order valence-corrected chi connectivity index (χ1v) is 11.0. The molecule has 1 aliphatic rings. The van der Waals surface area contributed by atoms with Crippen LogP contribution in [0.5, 0.6) is 0 Å². The second kappa shape index (κ2) is 11.3. The second-order valence-corrected chi connectivity index (χ2v) is 8.48. The zero-order chi connectivity index (χ0) is 17.8. The fraction of sp³-hybridized carbons (Fsp3) is 0.875. The maximum atomic E-state index is 11.9. The molecule has 0 atom stereocenters. The van der Waals surface area contributed by atoms with Gasteiger partial charge < -0.3 is 15.5 Å². The van der Waals surface area contributed by atoms with Crippen LogP contribution in [-0.2, 0) is 14.6 Å². The third-order valence-electron chi connectivity index (χ3n) is 3.86. The van der Waals surface area contributed by atoms with Gasteiger partial charge in [-0.25, -0.2) is 8.42 Å². The highest BCUT2D eigenvalue weighted by molar-refractivity contribution is 7.90. The monoisotopic (exact) mass is 360 g/mol. The number of sulfone groups is 1. The smallest absolute Gasteiger partial charge is 0.222 e. The van der Waals surface area contributed by atoms with Crippen molar-refractivity contribution in [1.82, 2.24) is 15.5 Å². The van der Waals surface area contributed by atoms with Gasteiger partial charge in [-0.1, -0.05) is 6.42 Å². The van der Waals surface area contributed by atoms with E-state index in [9.17, 15) is 13.2 Å². The summed E-state index contributed by atoms with van der Waals surface area (Å²) in [5.74, 6) is 1.15. The van der Waals surface area contributed by atoms with Gasteiger partial charge in [0.2, 0.25) is 5.91 Å². The van der Waals surface area contributed by atoms with Gasteiger partial charge in [-0.3, -0.25) is 9.79 Å². The molecule has 0 saturated carbocycles. The first-order chi connectivity index (χ1) is 11.4. The molecule has 1 fully saturated rings. The molecule has 140 valence electrons. The maximum Gasteiger partial charge on any atom is 0.222 e. The lowest BCUT2D eigenvalue weighted by Crippen LogP contribution is -2.38. The van der Waals surface area contributed by atoms with Gasteiger partial charge in [0.25, 0.3) is 0 Å². The Hall–Kier alpha value is -1.31. The summed E-state index contributed by atoms with van der Waals surface area (Å²) in [4.78, 5) is 18.4. The van der Waals surface area contributed by atoms with Crippen LogP contribution in [0.25, 0.3) is 0 Å². The highest BCUT2D eigenvalue weighted by Gasteiger charge is 2.15. The van der Waals surface area contributed by atoms with Gasteiger partial charge in [0.15, 0.2) is 5.96 Å². The number of likely N-dealkylation sites (tertiary alicyclic amines) is 1. The van der Waals surface area contributed by atoms with Crippen molar-refractivity contribution in [3.05, 3.63) is 0 Å². The predicted octanol–water partition coefficient (Wildman–Crippen LogP) is 0.769. The quantitative estimate of drug-likeness (QED) is 0.360. The van der Waals surface area contributed by atoms with Crippen LogP contribution in [0.15, 0.2) is 4.99 Å². The van der Waals surface area contributed by atoms with Gasteiger partial charge in [-0.05, 0) is 32.6 Å². The Morgan fingerprint density at radius 2 is 2.00 bits per heavy atom. The number of guanidine groups is 1. The molecular formula is C16H32N4O3S. The Morgan fingerprint density at radius 3 is 2.71 bits per heavy atom. The van der Waals surface area contributed by atoms with Crippen molar-refractivity contribution in [2.75, 3.05) is 44.7 Å². The summed E-state index contributed by atoms with van der Waals surface area (Å²) in [5, 5.41) is 6.29. The van der Waals surface area contributed by atoms with Crippen LogP contribution in [0.2, 0.25) is 0 Å². The first-order valence-electron chi connectivity index (χ1n) is 8.90. The van der Waals surface area contributed by atoms with E-state index in [1.807, 2.05) is 11.8 Å². The average molecular weight is 361 g/mol. The third-order valence-corrected chi connectivity index (χ3v) is 4.89. The second-order valence-electron chi connectivity index (χ2n) is 6.22. The van der Waals surface area contributed by atoms with Crippen molar-refractivity contribution in [2.45, 2.75) is 45.4 Å². The minimum absolute atomic E-state index is 0.177. The molecule has 0 unspecified atom stereocenters. The fourth-order valence-electron chi connectivity index (χ4n) is 2.61. The molecule has 0 aliphatic carbocycles. The minimum atomic E-state index is -2.91. The summed E-state index contributed by atoms with van der Waals surface area (Å²) in [6, 6.07) is 0. The van der Waals surface area contributed by atoms with Crippen LogP contribution < -0.4 is 10.6 Å². The number of carbonyl (C=O) groups excluding carboxylic acids is 1. The van der Waals surface area contributed by atoms with Crippen molar-refractivity contribution in [3.8, 4) is 0 Å². The third kappa shape index (κ3) is 9.75. The number of carbonyl (C=O) groups is 1. The van der Waals surface area contributed by atoms with Gasteiger partial charge >= 0.3 is 0 Å². The maximum absolute atomic E-state index is 11.9. The van der Waals surface area contributed by atoms with Crippen molar-refractivity contribution in [3.63, 3.8) is 0 Å². The standard InChI is InChI=1S/C16H32N4O3S/c1-3-17-16(19-11-8-14-24(2,22)23)18-10-7-13-20-12-6-4-5-9-15(20)21/h3-14H2,1-2H3,(H2,17,18,19). The number of nitrogens with zero attached hydrogens (tertiary/aromatic N) is 2. The lowest BCUT2D eigenvalue weighted by atomic mass is 10.2. The van der Waals surface area contributed by atoms with E-state index < -0.39 is 9.84 Å². The Balaban J connectivity index is 2.30. The number of rotatable bonds is 9. The normalized spacial score (nSPS) is 16.8. The number of hydrogen-bond donors (Lipinski definition) is 2. The van der Waals surface area contributed by atoms with Crippen molar-refractivity contribution in [2.24, 2.45) is 4.99 Å². The number of aliphatic imine (C=N–C) groups is 1. The van der Waals surface area contributed by atoms with E-state index in [0.717, 1.165) is 45.3 Å². The van der Waals surface area contributed by atoms with Crippen LogP contribution in [0.4, 0.5) is 0 Å². The molecule has 0 bridgehead atoms. The largest absolute Gasteiger partial charge is 0.357 e. The lowest BCUT2D eigenvalue weighted by molar-refractivity contribution is -0.130. The van der Waals surface area contributed by atoms with Gasteiger partial charge in [-0.15, -0.1) is 0 Å². The molecule has 7 nitrogen and oxygen atoms in total. The molecule has 8 heteroatoms. The molecule has 1 rings (SSSR count). The van der Waals surface area contributed by atoms with Crippen LogP contribution in [-0.4, -0.2) is 69.9 Å². The SMILES string of the molecule is CCNC(=NCCCN1CCCCCC1=O)NCCCS(C)(=O)=O. The van der Waals surface area contributed by atoms with Crippen molar-refractivity contribution >= 4 is 21.7 Å².